The van der Waals surface area contributed by atoms with Crippen molar-refractivity contribution < 1.29 is 13.2 Å². The van der Waals surface area contributed by atoms with Gasteiger partial charge < -0.3 is 4.74 Å². The molecule has 0 heterocycles. The fourth-order valence-corrected chi connectivity index (χ4v) is 3.13. The van der Waals surface area contributed by atoms with Crippen molar-refractivity contribution in [3.63, 3.8) is 0 Å². The Morgan fingerprint density at radius 3 is 2.29 bits per heavy atom. The van der Waals surface area contributed by atoms with Crippen LogP contribution in [0.5, 0.6) is 5.75 Å². The van der Waals surface area contributed by atoms with E-state index in [1.165, 1.54) is 7.11 Å². The van der Waals surface area contributed by atoms with Crippen molar-refractivity contribution in [2.45, 2.75) is 25.7 Å². The lowest BCUT2D eigenvalue weighted by molar-refractivity contribution is 0.417. The molecule has 0 amide bonds. The van der Waals surface area contributed by atoms with Gasteiger partial charge in [0.05, 0.1) is 17.7 Å². The van der Waals surface area contributed by atoms with Crippen LogP contribution in [0.3, 0.4) is 0 Å². The minimum absolute atomic E-state index is 0.245. The average Bonchev–Trinajstić information content (AvgIpc) is 2.41. The van der Waals surface area contributed by atoms with Crippen molar-refractivity contribution in [1.29, 1.82) is 0 Å². The van der Waals surface area contributed by atoms with E-state index in [9.17, 15) is 8.42 Å². The molecule has 0 fully saturated rings. The van der Waals surface area contributed by atoms with Crippen molar-refractivity contribution in [2.24, 2.45) is 0 Å². The zero-order chi connectivity index (χ0) is 15.6. The molecule has 2 aromatic rings. The third-order valence-electron chi connectivity index (χ3n) is 3.39. The molecule has 112 valence electrons. The van der Waals surface area contributed by atoms with Gasteiger partial charge in [0.25, 0.3) is 10.0 Å². The lowest BCUT2D eigenvalue weighted by Gasteiger charge is -2.13. The third-order valence-corrected chi connectivity index (χ3v) is 4.75. The van der Waals surface area contributed by atoms with Crippen LogP contribution in [-0.2, 0) is 10.0 Å². The SMILES string of the molecule is COc1ccc(C)cc1NS(=O)(=O)c1ccc(C)c(C)c1. The Balaban J connectivity index is 2.41. The van der Waals surface area contributed by atoms with E-state index in [1.54, 1.807) is 30.3 Å². The number of methoxy groups -OCH3 is 1. The van der Waals surface area contributed by atoms with E-state index >= 15 is 0 Å². The molecule has 2 aromatic carbocycles. The normalized spacial score (nSPS) is 11.2. The summed E-state index contributed by atoms with van der Waals surface area (Å²) >= 11 is 0. The Labute approximate surface area is 125 Å². The summed E-state index contributed by atoms with van der Waals surface area (Å²) in [4.78, 5) is 0.245. The second-order valence-corrected chi connectivity index (χ2v) is 6.74. The number of hydrogen-bond acceptors (Lipinski definition) is 3. The average molecular weight is 305 g/mol. The number of nitrogens with one attached hydrogen (secondary N) is 1. The van der Waals surface area contributed by atoms with Gasteiger partial charge in [-0.2, -0.15) is 0 Å². The zero-order valence-corrected chi connectivity index (χ0v) is 13.4. The van der Waals surface area contributed by atoms with Gasteiger partial charge in [0.15, 0.2) is 0 Å². The van der Waals surface area contributed by atoms with Crippen LogP contribution >= 0.6 is 0 Å². The molecule has 2 rings (SSSR count). The topological polar surface area (TPSA) is 55.4 Å². The highest BCUT2D eigenvalue weighted by molar-refractivity contribution is 7.92. The standard InChI is InChI=1S/C16H19NO3S/c1-11-5-8-16(20-4)15(9-11)17-21(18,19)14-7-6-12(2)13(3)10-14/h5-10,17H,1-4H3. The Bertz CT molecular complexity index is 767. The number of ether oxygens (including phenoxy) is 1. The van der Waals surface area contributed by atoms with Crippen LogP contribution in [0.1, 0.15) is 16.7 Å². The van der Waals surface area contributed by atoms with Crippen LogP contribution in [0, 0.1) is 20.8 Å². The van der Waals surface area contributed by atoms with Gasteiger partial charge in [0.2, 0.25) is 0 Å². The molecule has 0 saturated carbocycles. The summed E-state index contributed by atoms with van der Waals surface area (Å²) in [5.74, 6) is 0.494. The van der Waals surface area contributed by atoms with Crippen LogP contribution in [0.25, 0.3) is 0 Å². The van der Waals surface area contributed by atoms with Gasteiger partial charge in [0.1, 0.15) is 5.75 Å². The van der Waals surface area contributed by atoms with Crippen LogP contribution in [-0.4, -0.2) is 15.5 Å². The molecule has 0 unspecified atom stereocenters. The maximum Gasteiger partial charge on any atom is 0.262 e. The summed E-state index contributed by atoms with van der Waals surface area (Å²) in [5, 5.41) is 0. The second-order valence-electron chi connectivity index (χ2n) is 5.06. The third kappa shape index (κ3) is 3.36. The van der Waals surface area contributed by atoms with Crippen LogP contribution in [0.15, 0.2) is 41.3 Å². The fourth-order valence-electron chi connectivity index (χ4n) is 1.99. The maximum absolute atomic E-state index is 12.5. The molecule has 0 aromatic heterocycles. The van der Waals surface area contributed by atoms with E-state index in [0.29, 0.717) is 11.4 Å². The first-order valence-electron chi connectivity index (χ1n) is 6.58. The molecule has 0 aliphatic carbocycles. The quantitative estimate of drug-likeness (QED) is 0.941. The lowest BCUT2D eigenvalue weighted by atomic mass is 10.1. The zero-order valence-electron chi connectivity index (χ0n) is 12.6. The van der Waals surface area contributed by atoms with Crippen LogP contribution in [0.4, 0.5) is 5.69 Å². The number of benzene rings is 2. The molecular formula is C16H19NO3S. The summed E-state index contributed by atoms with van der Waals surface area (Å²) < 4.78 is 32.7. The Hall–Kier alpha value is -2.01. The highest BCUT2D eigenvalue weighted by Gasteiger charge is 2.17. The number of rotatable bonds is 4. The molecule has 0 aliphatic rings. The second kappa shape index (κ2) is 5.77. The van der Waals surface area contributed by atoms with Gasteiger partial charge in [-0.15, -0.1) is 0 Å². The van der Waals surface area contributed by atoms with Gasteiger partial charge in [0, 0.05) is 0 Å². The monoisotopic (exact) mass is 305 g/mol. The minimum atomic E-state index is -3.63. The van der Waals surface area contributed by atoms with Crippen LogP contribution in [0.2, 0.25) is 0 Å². The Morgan fingerprint density at radius 1 is 0.952 bits per heavy atom. The number of sulfonamides is 1. The van der Waals surface area contributed by atoms with Crippen molar-refractivity contribution in [1.82, 2.24) is 0 Å². The predicted octanol–water partition coefficient (Wildman–Crippen LogP) is 3.42. The van der Waals surface area contributed by atoms with Gasteiger partial charge in [-0.1, -0.05) is 12.1 Å². The summed E-state index contributed by atoms with van der Waals surface area (Å²) in [6, 6.07) is 10.4. The van der Waals surface area contributed by atoms with E-state index in [-0.39, 0.29) is 4.90 Å². The first-order chi connectivity index (χ1) is 9.83. The number of aryl methyl sites for hydroxylation is 3. The molecule has 4 nitrogen and oxygen atoms in total. The van der Waals surface area contributed by atoms with Crippen molar-refractivity contribution in [3.05, 3.63) is 53.1 Å². The fraction of sp³-hybridized carbons (Fsp3) is 0.250. The van der Waals surface area contributed by atoms with Gasteiger partial charge in [-0.3, -0.25) is 4.72 Å². The van der Waals surface area contributed by atoms with Gasteiger partial charge in [-0.25, -0.2) is 8.42 Å². The molecule has 0 atom stereocenters. The van der Waals surface area contributed by atoms with E-state index in [1.807, 2.05) is 26.8 Å². The van der Waals surface area contributed by atoms with Crippen molar-refractivity contribution in [3.8, 4) is 5.75 Å². The molecular weight excluding hydrogens is 286 g/mol. The molecule has 0 bridgehead atoms. The molecule has 0 aliphatic heterocycles. The first kappa shape index (κ1) is 15.4. The lowest BCUT2D eigenvalue weighted by Crippen LogP contribution is -2.14. The predicted molar refractivity (Wildman–Crippen MR) is 84.5 cm³/mol. The smallest absolute Gasteiger partial charge is 0.262 e. The van der Waals surface area contributed by atoms with Crippen LogP contribution < -0.4 is 9.46 Å². The minimum Gasteiger partial charge on any atom is -0.495 e. The molecule has 5 heteroatoms. The van der Waals surface area contributed by atoms with E-state index in [0.717, 1.165) is 16.7 Å². The Kier molecular flexibility index (Phi) is 4.23. The van der Waals surface area contributed by atoms with Crippen molar-refractivity contribution in [2.75, 3.05) is 11.8 Å². The molecule has 1 N–H and O–H groups in total. The molecule has 0 radical (unpaired) electrons. The van der Waals surface area contributed by atoms with Crippen molar-refractivity contribution >= 4 is 15.7 Å². The summed E-state index contributed by atoms with van der Waals surface area (Å²) in [6.45, 7) is 5.73. The van der Waals surface area contributed by atoms with Gasteiger partial charge in [-0.05, 0) is 61.7 Å². The van der Waals surface area contributed by atoms with Gasteiger partial charge >= 0.3 is 0 Å². The number of hydrogen-bond donors (Lipinski definition) is 1. The van der Waals surface area contributed by atoms with E-state index in [4.69, 9.17) is 4.74 Å². The Morgan fingerprint density at radius 2 is 1.67 bits per heavy atom. The first-order valence-corrected chi connectivity index (χ1v) is 8.06. The largest absolute Gasteiger partial charge is 0.495 e. The molecule has 0 spiro atoms. The summed E-state index contributed by atoms with van der Waals surface area (Å²) in [7, 11) is -2.12. The molecule has 21 heavy (non-hydrogen) atoms. The number of anilines is 1. The highest BCUT2D eigenvalue weighted by Crippen LogP contribution is 2.28. The summed E-state index contributed by atoms with van der Waals surface area (Å²) in [6.07, 6.45) is 0. The van der Waals surface area contributed by atoms with E-state index < -0.39 is 10.0 Å². The van der Waals surface area contributed by atoms with E-state index in [2.05, 4.69) is 4.72 Å². The summed E-state index contributed by atoms with van der Waals surface area (Å²) in [5.41, 5.74) is 3.39. The molecule has 0 saturated heterocycles. The highest BCUT2D eigenvalue weighted by atomic mass is 32.2. The maximum atomic E-state index is 12.5.